The molecule has 0 spiro atoms. The quantitative estimate of drug-likeness (QED) is 0.678. The maximum Gasteiger partial charge on any atom is 0.191 e. The van der Waals surface area contributed by atoms with E-state index in [1.165, 1.54) is 0 Å². The molecule has 1 saturated heterocycles. The molecule has 0 bridgehead atoms. The van der Waals surface area contributed by atoms with E-state index in [0.717, 1.165) is 44.4 Å². The minimum absolute atomic E-state index is 0.739. The Bertz CT molecular complexity index is 266. The lowest BCUT2D eigenvalue weighted by Crippen LogP contribution is -2.35. The summed E-state index contributed by atoms with van der Waals surface area (Å²) < 4.78 is 10.4. The van der Waals surface area contributed by atoms with Crippen LogP contribution < -0.4 is 0 Å². The predicted molar refractivity (Wildman–Crippen MR) is 47.3 cm³/mol. The van der Waals surface area contributed by atoms with Gasteiger partial charge >= 0.3 is 0 Å². The van der Waals surface area contributed by atoms with E-state index in [-0.39, 0.29) is 0 Å². The van der Waals surface area contributed by atoms with Gasteiger partial charge in [-0.05, 0) is 0 Å². The van der Waals surface area contributed by atoms with Crippen LogP contribution in [-0.4, -0.2) is 36.2 Å². The Morgan fingerprint density at radius 2 is 2.23 bits per heavy atom. The number of hydrogen-bond donors (Lipinski definition) is 0. The summed E-state index contributed by atoms with van der Waals surface area (Å²) in [6, 6.07) is 0. The van der Waals surface area contributed by atoms with Gasteiger partial charge < -0.3 is 9.15 Å². The highest BCUT2D eigenvalue weighted by atomic mass is 16.5. The molecule has 1 fully saturated rings. The number of nitrogens with zero attached hydrogens (tertiary/aromatic N) is 2. The van der Waals surface area contributed by atoms with Gasteiger partial charge in [0.15, 0.2) is 5.89 Å². The predicted octanol–water partition coefficient (Wildman–Crippen LogP) is 0.815. The molecule has 0 saturated carbocycles. The Labute approximate surface area is 77.5 Å². The fraction of sp³-hybridized carbons (Fsp3) is 0.667. The summed E-state index contributed by atoms with van der Waals surface area (Å²) in [6.45, 7) is 6.38. The number of rotatable bonds is 2. The fourth-order valence-electron chi connectivity index (χ4n) is 1.47. The summed E-state index contributed by atoms with van der Waals surface area (Å²) >= 11 is 0. The molecule has 0 unspecified atom stereocenters. The van der Waals surface area contributed by atoms with Crippen molar-refractivity contribution in [3.63, 3.8) is 0 Å². The zero-order valence-electron chi connectivity index (χ0n) is 7.82. The molecule has 13 heavy (non-hydrogen) atoms. The molecule has 0 aliphatic carbocycles. The van der Waals surface area contributed by atoms with E-state index in [0.29, 0.717) is 0 Å². The molecule has 0 atom stereocenters. The van der Waals surface area contributed by atoms with Crippen molar-refractivity contribution in [2.75, 3.05) is 26.3 Å². The largest absolute Gasteiger partial charge is 0.449 e. The van der Waals surface area contributed by atoms with Crippen LogP contribution in [0.15, 0.2) is 10.7 Å². The smallest absolute Gasteiger partial charge is 0.191 e. The molecule has 0 amide bonds. The van der Waals surface area contributed by atoms with Crippen molar-refractivity contribution in [1.29, 1.82) is 0 Å². The van der Waals surface area contributed by atoms with Gasteiger partial charge in [-0.15, -0.1) is 0 Å². The van der Waals surface area contributed by atoms with Gasteiger partial charge in [-0.1, -0.05) is 0 Å². The topological polar surface area (TPSA) is 38.5 Å². The van der Waals surface area contributed by atoms with Gasteiger partial charge in [-0.25, -0.2) is 4.98 Å². The van der Waals surface area contributed by atoms with E-state index in [9.17, 15) is 0 Å². The van der Waals surface area contributed by atoms with Crippen LogP contribution in [0.2, 0.25) is 0 Å². The molecule has 1 aromatic rings. The summed E-state index contributed by atoms with van der Waals surface area (Å²) in [5.41, 5.74) is 1.01. The van der Waals surface area contributed by atoms with Crippen LogP contribution in [0.25, 0.3) is 0 Å². The highest BCUT2D eigenvalue weighted by Crippen LogP contribution is 2.06. The lowest BCUT2D eigenvalue weighted by molar-refractivity contribution is 0.0336. The van der Waals surface area contributed by atoms with Crippen molar-refractivity contribution in [2.24, 2.45) is 0 Å². The van der Waals surface area contributed by atoms with E-state index >= 15 is 0 Å². The molecule has 0 N–H and O–H groups in total. The molecule has 0 aromatic carbocycles. The maximum absolute atomic E-state index is 5.26. The Balaban J connectivity index is 1.89. The molecule has 2 rings (SSSR count). The van der Waals surface area contributed by atoms with Crippen molar-refractivity contribution < 1.29 is 9.15 Å². The van der Waals surface area contributed by atoms with E-state index in [1.54, 1.807) is 6.26 Å². The minimum Gasteiger partial charge on any atom is -0.449 e. The van der Waals surface area contributed by atoms with Gasteiger partial charge in [-0.2, -0.15) is 0 Å². The zero-order chi connectivity index (χ0) is 9.10. The highest BCUT2D eigenvalue weighted by molar-refractivity contribution is 4.95. The van der Waals surface area contributed by atoms with Crippen LogP contribution in [-0.2, 0) is 11.3 Å². The Kier molecular flexibility index (Phi) is 2.61. The number of hydrogen-bond acceptors (Lipinski definition) is 4. The lowest BCUT2D eigenvalue weighted by Gasteiger charge is -2.25. The van der Waals surface area contributed by atoms with Crippen LogP contribution in [0.5, 0.6) is 0 Å². The van der Waals surface area contributed by atoms with Crippen LogP contribution in [0.1, 0.15) is 11.6 Å². The maximum atomic E-state index is 5.26. The molecular weight excluding hydrogens is 168 g/mol. The van der Waals surface area contributed by atoms with Crippen molar-refractivity contribution >= 4 is 0 Å². The molecule has 2 heterocycles. The third-order valence-corrected chi connectivity index (χ3v) is 2.16. The second-order valence-electron chi connectivity index (χ2n) is 3.25. The third-order valence-electron chi connectivity index (χ3n) is 2.16. The first kappa shape index (κ1) is 8.72. The van der Waals surface area contributed by atoms with Gasteiger partial charge in [-0.3, -0.25) is 4.90 Å². The van der Waals surface area contributed by atoms with Gasteiger partial charge in [0.1, 0.15) is 6.26 Å². The van der Waals surface area contributed by atoms with Crippen molar-refractivity contribution in [2.45, 2.75) is 13.5 Å². The Hall–Kier alpha value is -0.870. The first-order valence-electron chi connectivity index (χ1n) is 4.56. The SMILES string of the molecule is Cc1nc(CN2CCOCC2)co1. The Morgan fingerprint density at radius 1 is 1.46 bits per heavy atom. The summed E-state index contributed by atoms with van der Waals surface area (Å²) in [4.78, 5) is 6.58. The van der Waals surface area contributed by atoms with Gasteiger partial charge in [0, 0.05) is 26.6 Å². The normalized spacial score (nSPS) is 19.2. The molecule has 72 valence electrons. The van der Waals surface area contributed by atoms with Crippen molar-refractivity contribution in [3.05, 3.63) is 17.8 Å². The van der Waals surface area contributed by atoms with Crippen molar-refractivity contribution in [3.8, 4) is 0 Å². The van der Waals surface area contributed by atoms with E-state index in [1.807, 2.05) is 6.92 Å². The molecule has 1 aliphatic rings. The summed E-state index contributed by atoms with van der Waals surface area (Å²) in [5.74, 6) is 0.739. The average molecular weight is 182 g/mol. The van der Waals surface area contributed by atoms with Crippen LogP contribution in [0, 0.1) is 6.92 Å². The molecule has 1 aromatic heterocycles. The highest BCUT2D eigenvalue weighted by Gasteiger charge is 2.12. The first-order valence-corrected chi connectivity index (χ1v) is 4.56. The number of morpholine rings is 1. The minimum atomic E-state index is 0.739. The third kappa shape index (κ3) is 2.29. The molecule has 4 heteroatoms. The van der Waals surface area contributed by atoms with E-state index in [4.69, 9.17) is 9.15 Å². The fourth-order valence-corrected chi connectivity index (χ4v) is 1.47. The van der Waals surface area contributed by atoms with E-state index < -0.39 is 0 Å². The number of aryl methyl sites for hydroxylation is 1. The number of oxazole rings is 1. The van der Waals surface area contributed by atoms with Gasteiger partial charge in [0.2, 0.25) is 0 Å². The van der Waals surface area contributed by atoms with Gasteiger partial charge in [0.05, 0.1) is 18.9 Å². The molecule has 4 nitrogen and oxygen atoms in total. The van der Waals surface area contributed by atoms with Gasteiger partial charge in [0.25, 0.3) is 0 Å². The van der Waals surface area contributed by atoms with Crippen LogP contribution in [0.3, 0.4) is 0 Å². The second kappa shape index (κ2) is 3.89. The second-order valence-corrected chi connectivity index (χ2v) is 3.25. The lowest BCUT2D eigenvalue weighted by atomic mass is 10.3. The summed E-state index contributed by atoms with van der Waals surface area (Å²) in [5, 5.41) is 0. The number of ether oxygens (including phenoxy) is 1. The number of aromatic nitrogens is 1. The van der Waals surface area contributed by atoms with E-state index in [2.05, 4.69) is 9.88 Å². The monoisotopic (exact) mass is 182 g/mol. The molecule has 1 aliphatic heterocycles. The van der Waals surface area contributed by atoms with Crippen molar-refractivity contribution in [1.82, 2.24) is 9.88 Å². The summed E-state index contributed by atoms with van der Waals surface area (Å²) in [6.07, 6.45) is 1.73. The zero-order valence-corrected chi connectivity index (χ0v) is 7.82. The average Bonchev–Trinajstić information content (AvgIpc) is 2.53. The first-order chi connectivity index (χ1) is 6.34. The molecule has 0 radical (unpaired) electrons. The molecular formula is C9H14N2O2. The standard InChI is InChI=1S/C9H14N2O2/c1-8-10-9(7-13-8)6-11-2-4-12-5-3-11/h7H,2-6H2,1H3. The Morgan fingerprint density at radius 3 is 2.85 bits per heavy atom. The van der Waals surface area contributed by atoms with Crippen LogP contribution >= 0.6 is 0 Å². The van der Waals surface area contributed by atoms with Crippen LogP contribution in [0.4, 0.5) is 0 Å². The summed E-state index contributed by atoms with van der Waals surface area (Å²) in [7, 11) is 0.